The predicted octanol–water partition coefficient (Wildman–Crippen LogP) is 4.54. The molecule has 0 saturated carbocycles. The van der Waals surface area contributed by atoms with Crippen molar-refractivity contribution in [3.63, 3.8) is 0 Å². The number of thiazole rings is 1. The molecule has 5 heteroatoms. The molecule has 0 atom stereocenters. The number of rotatable bonds is 5. The van der Waals surface area contributed by atoms with Crippen LogP contribution in [0.25, 0.3) is 10.2 Å². The smallest absolute Gasteiger partial charge is 0.223 e. The standard InChI is InChI=1S/C18H17ClN2OS/c1-21(12-13-5-4-6-14(19)11-13)18(22)10-9-17-20-15-7-2-3-8-16(15)23-17/h2-8,11H,9-10,12H2,1H3. The fraction of sp³-hybridized carbons (Fsp3) is 0.222. The average molecular weight is 345 g/mol. The summed E-state index contributed by atoms with van der Waals surface area (Å²) >= 11 is 7.64. The molecule has 1 amide bonds. The highest BCUT2D eigenvalue weighted by molar-refractivity contribution is 7.18. The number of fused-ring (bicyclic) bond motifs is 1. The molecule has 0 unspecified atom stereocenters. The highest BCUT2D eigenvalue weighted by Gasteiger charge is 2.11. The Morgan fingerprint density at radius 1 is 1.22 bits per heavy atom. The van der Waals surface area contributed by atoms with Crippen molar-refractivity contribution >= 4 is 39.1 Å². The molecule has 23 heavy (non-hydrogen) atoms. The number of hydrogen-bond donors (Lipinski definition) is 0. The minimum Gasteiger partial charge on any atom is -0.341 e. The summed E-state index contributed by atoms with van der Waals surface area (Å²) in [6.45, 7) is 0.569. The van der Waals surface area contributed by atoms with Gasteiger partial charge in [0.15, 0.2) is 0 Å². The molecule has 3 rings (SSSR count). The summed E-state index contributed by atoms with van der Waals surface area (Å²) in [4.78, 5) is 18.6. The lowest BCUT2D eigenvalue weighted by Gasteiger charge is -2.17. The molecule has 1 aromatic heterocycles. The van der Waals surface area contributed by atoms with Crippen LogP contribution in [0.1, 0.15) is 17.0 Å². The van der Waals surface area contributed by atoms with E-state index in [2.05, 4.69) is 11.1 Å². The Bertz CT molecular complexity index is 798. The SMILES string of the molecule is CN(Cc1cccc(Cl)c1)C(=O)CCc1nc2ccccc2s1. The van der Waals surface area contributed by atoms with Crippen molar-refractivity contribution in [3.05, 3.63) is 64.1 Å². The minimum absolute atomic E-state index is 0.115. The van der Waals surface area contributed by atoms with Crippen LogP contribution < -0.4 is 0 Å². The van der Waals surface area contributed by atoms with Crippen molar-refractivity contribution in [1.82, 2.24) is 9.88 Å². The van der Waals surface area contributed by atoms with Crippen LogP contribution in [-0.2, 0) is 17.8 Å². The summed E-state index contributed by atoms with van der Waals surface area (Å²) in [6.07, 6.45) is 1.15. The van der Waals surface area contributed by atoms with Gasteiger partial charge in [0.2, 0.25) is 5.91 Å². The van der Waals surface area contributed by atoms with Gasteiger partial charge < -0.3 is 4.90 Å². The highest BCUT2D eigenvalue weighted by atomic mass is 35.5. The predicted molar refractivity (Wildman–Crippen MR) is 95.9 cm³/mol. The van der Waals surface area contributed by atoms with Crippen LogP contribution >= 0.6 is 22.9 Å². The van der Waals surface area contributed by atoms with Gasteiger partial charge in [-0.1, -0.05) is 35.9 Å². The number of nitrogens with zero attached hydrogens (tertiary/aromatic N) is 2. The lowest BCUT2D eigenvalue weighted by atomic mass is 10.2. The van der Waals surface area contributed by atoms with Crippen LogP contribution in [0.5, 0.6) is 0 Å². The molecule has 0 fully saturated rings. The second kappa shape index (κ2) is 7.11. The van der Waals surface area contributed by atoms with Gasteiger partial charge in [-0.3, -0.25) is 4.79 Å². The summed E-state index contributed by atoms with van der Waals surface area (Å²) in [6, 6.07) is 15.6. The largest absolute Gasteiger partial charge is 0.341 e. The summed E-state index contributed by atoms with van der Waals surface area (Å²) in [5.74, 6) is 0.115. The third kappa shape index (κ3) is 4.09. The van der Waals surface area contributed by atoms with Gasteiger partial charge in [-0.05, 0) is 29.8 Å². The molecular weight excluding hydrogens is 328 g/mol. The molecular formula is C18H17ClN2OS. The molecule has 0 aliphatic heterocycles. The highest BCUT2D eigenvalue weighted by Crippen LogP contribution is 2.22. The average Bonchev–Trinajstić information content (AvgIpc) is 2.95. The molecule has 0 N–H and O–H groups in total. The van der Waals surface area contributed by atoms with E-state index in [1.807, 2.05) is 49.5 Å². The van der Waals surface area contributed by atoms with Crippen molar-refractivity contribution in [2.75, 3.05) is 7.05 Å². The number of hydrogen-bond acceptors (Lipinski definition) is 3. The Morgan fingerprint density at radius 3 is 2.83 bits per heavy atom. The number of para-hydroxylation sites is 1. The quantitative estimate of drug-likeness (QED) is 0.680. The molecule has 0 saturated heterocycles. The van der Waals surface area contributed by atoms with Crippen molar-refractivity contribution in [2.24, 2.45) is 0 Å². The fourth-order valence-electron chi connectivity index (χ4n) is 2.43. The number of benzene rings is 2. The first-order valence-electron chi connectivity index (χ1n) is 7.44. The molecule has 0 radical (unpaired) electrons. The number of carbonyl (C=O) groups is 1. The molecule has 3 aromatic rings. The van der Waals surface area contributed by atoms with E-state index >= 15 is 0 Å². The molecule has 3 nitrogen and oxygen atoms in total. The van der Waals surface area contributed by atoms with Crippen LogP contribution in [0.4, 0.5) is 0 Å². The Kier molecular flexibility index (Phi) is 4.94. The van der Waals surface area contributed by atoms with Crippen molar-refractivity contribution in [1.29, 1.82) is 0 Å². The first-order chi connectivity index (χ1) is 11.1. The van der Waals surface area contributed by atoms with Gasteiger partial charge in [-0.2, -0.15) is 0 Å². The van der Waals surface area contributed by atoms with Crippen molar-refractivity contribution in [2.45, 2.75) is 19.4 Å². The van der Waals surface area contributed by atoms with Crippen LogP contribution in [0, 0.1) is 0 Å². The maximum atomic E-state index is 12.3. The number of carbonyl (C=O) groups excluding carboxylic acids is 1. The van der Waals surface area contributed by atoms with Gasteiger partial charge in [0.05, 0.1) is 15.2 Å². The molecule has 1 heterocycles. The van der Waals surface area contributed by atoms with Gasteiger partial charge >= 0.3 is 0 Å². The first-order valence-corrected chi connectivity index (χ1v) is 8.64. The monoisotopic (exact) mass is 344 g/mol. The lowest BCUT2D eigenvalue weighted by molar-refractivity contribution is -0.130. The van der Waals surface area contributed by atoms with Crippen LogP contribution in [-0.4, -0.2) is 22.8 Å². The number of aromatic nitrogens is 1. The maximum absolute atomic E-state index is 12.3. The third-order valence-corrected chi connectivity index (χ3v) is 4.96. The van der Waals surface area contributed by atoms with Gasteiger partial charge in [0, 0.05) is 31.5 Å². The molecule has 118 valence electrons. The zero-order valence-corrected chi connectivity index (χ0v) is 14.4. The fourth-order valence-corrected chi connectivity index (χ4v) is 3.61. The van der Waals surface area contributed by atoms with E-state index in [0.29, 0.717) is 24.4 Å². The topological polar surface area (TPSA) is 33.2 Å². The lowest BCUT2D eigenvalue weighted by Crippen LogP contribution is -2.26. The Labute approximate surface area is 144 Å². The Morgan fingerprint density at radius 2 is 2.04 bits per heavy atom. The van der Waals surface area contributed by atoms with Crippen LogP contribution in [0.3, 0.4) is 0 Å². The zero-order valence-electron chi connectivity index (χ0n) is 12.8. The Hall–Kier alpha value is -1.91. The molecule has 0 spiro atoms. The number of aryl methyl sites for hydroxylation is 1. The van der Waals surface area contributed by atoms with E-state index in [1.165, 1.54) is 4.70 Å². The first kappa shape index (κ1) is 16.0. The molecule has 0 aliphatic rings. The zero-order chi connectivity index (χ0) is 16.2. The molecule has 2 aromatic carbocycles. The van der Waals surface area contributed by atoms with E-state index < -0.39 is 0 Å². The van der Waals surface area contributed by atoms with Crippen molar-refractivity contribution in [3.8, 4) is 0 Å². The summed E-state index contributed by atoms with van der Waals surface area (Å²) in [5.41, 5.74) is 2.04. The van der Waals surface area contributed by atoms with Gasteiger partial charge in [-0.15, -0.1) is 11.3 Å². The van der Waals surface area contributed by atoms with E-state index in [9.17, 15) is 4.79 Å². The normalized spacial score (nSPS) is 10.9. The number of halogens is 1. The van der Waals surface area contributed by atoms with E-state index in [1.54, 1.807) is 16.2 Å². The second-order valence-electron chi connectivity index (χ2n) is 5.46. The summed E-state index contributed by atoms with van der Waals surface area (Å²) in [5, 5.41) is 1.70. The molecule has 0 bridgehead atoms. The third-order valence-electron chi connectivity index (χ3n) is 3.63. The Balaban J connectivity index is 1.58. The van der Waals surface area contributed by atoms with E-state index in [-0.39, 0.29) is 5.91 Å². The van der Waals surface area contributed by atoms with E-state index in [0.717, 1.165) is 16.1 Å². The summed E-state index contributed by atoms with van der Waals surface area (Å²) in [7, 11) is 1.82. The van der Waals surface area contributed by atoms with Crippen molar-refractivity contribution < 1.29 is 4.79 Å². The number of amides is 1. The van der Waals surface area contributed by atoms with Crippen LogP contribution in [0.15, 0.2) is 48.5 Å². The van der Waals surface area contributed by atoms with Crippen LogP contribution in [0.2, 0.25) is 5.02 Å². The molecule has 0 aliphatic carbocycles. The van der Waals surface area contributed by atoms with Gasteiger partial charge in [0.1, 0.15) is 0 Å². The summed E-state index contributed by atoms with van der Waals surface area (Å²) < 4.78 is 1.17. The van der Waals surface area contributed by atoms with Gasteiger partial charge in [-0.25, -0.2) is 4.98 Å². The van der Waals surface area contributed by atoms with E-state index in [4.69, 9.17) is 11.6 Å². The van der Waals surface area contributed by atoms with Gasteiger partial charge in [0.25, 0.3) is 0 Å². The minimum atomic E-state index is 0.115. The maximum Gasteiger partial charge on any atom is 0.223 e. The second-order valence-corrected chi connectivity index (χ2v) is 7.01.